The van der Waals surface area contributed by atoms with Crippen LogP contribution in [-0.4, -0.2) is 32.3 Å². The van der Waals surface area contributed by atoms with Crippen LogP contribution in [0, 0.1) is 12.8 Å². The Bertz CT molecular complexity index is 770. The molecule has 2 aromatic rings. The van der Waals surface area contributed by atoms with Gasteiger partial charge in [-0.1, -0.05) is 18.9 Å². The zero-order valence-corrected chi connectivity index (χ0v) is 15.2. The van der Waals surface area contributed by atoms with Crippen LogP contribution in [0.2, 0.25) is 0 Å². The maximum absolute atomic E-state index is 12.9. The first-order chi connectivity index (χ1) is 12.7. The standard InChI is InChI=1S/C20H25N5O/c1-14-8-9-18(22-13-14)24-20-21-11-10-16(23-20)17-7-4-12-25(17)19(26)15-5-2-3-6-15/h8-11,13,15,17H,2-7,12H2,1H3,(H,21,22,23,24). The van der Waals surface area contributed by atoms with Crippen molar-refractivity contribution in [3.8, 4) is 0 Å². The van der Waals surface area contributed by atoms with Crippen molar-refractivity contribution in [1.29, 1.82) is 0 Å². The first-order valence-electron chi connectivity index (χ1n) is 9.54. The van der Waals surface area contributed by atoms with Gasteiger partial charge in [0.25, 0.3) is 0 Å². The van der Waals surface area contributed by atoms with Gasteiger partial charge in [0, 0.05) is 24.9 Å². The lowest BCUT2D eigenvalue weighted by Crippen LogP contribution is -2.35. The summed E-state index contributed by atoms with van der Waals surface area (Å²) in [4.78, 5) is 28.3. The summed E-state index contributed by atoms with van der Waals surface area (Å²) in [6, 6.07) is 5.91. The maximum atomic E-state index is 12.9. The van der Waals surface area contributed by atoms with Gasteiger partial charge < -0.3 is 10.2 Å². The fourth-order valence-corrected chi connectivity index (χ4v) is 4.02. The van der Waals surface area contributed by atoms with Crippen molar-refractivity contribution in [3.63, 3.8) is 0 Å². The van der Waals surface area contributed by atoms with Crippen molar-refractivity contribution in [2.75, 3.05) is 11.9 Å². The van der Waals surface area contributed by atoms with E-state index >= 15 is 0 Å². The predicted molar refractivity (Wildman–Crippen MR) is 99.9 cm³/mol. The van der Waals surface area contributed by atoms with Crippen LogP contribution < -0.4 is 5.32 Å². The van der Waals surface area contributed by atoms with Crippen LogP contribution in [0.25, 0.3) is 0 Å². The molecule has 1 aliphatic heterocycles. The Labute approximate surface area is 154 Å². The molecule has 6 heteroatoms. The number of aryl methyl sites for hydroxylation is 1. The molecule has 2 aliphatic rings. The fraction of sp³-hybridized carbons (Fsp3) is 0.500. The first-order valence-corrected chi connectivity index (χ1v) is 9.54. The molecule has 4 rings (SSSR count). The molecule has 6 nitrogen and oxygen atoms in total. The fourth-order valence-electron chi connectivity index (χ4n) is 4.02. The van der Waals surface area contributed by atoms with Crippen molar-refractivity contribution < 1.29 is 4.79 Å². The highest BCUT2D eigenvalue weighted by atomic mass is 16.2. The quantitative estimate of drug-likeness (QED) is 0.908. The first kappa shape index (κ1) is 16.9. The zero-order chi connectivity index (χ0) is 17.9. The van der Waals surface area contributed by atoms with E-state index in [9.17, 15) is 4.79 Å². The van der Waals surface area contributed by atoms with E-state index in [1.54, 1.807) is 6.20 Å². The Morgan fingerprint density at radius 2 is 1.96 bits per heavy atom. The summed E-state index contributed by atoms with van der Waals surface area (Å²) in [6.07, 6.45) is 10.0. The number of rotatable bonds is 4. The number of likely N-dealkylation sites (tertiary alicyclic amines) is 1. The number of hydrogen-bond acceptors (Lipinski definition) is 5. The summed E-state index contributed by atoms with van der Waals surface area (Å²) in [6.45, 7) is 2.84. The number of pyridine rings is 1. The largest absolute Gasteiger partial charge is 0.334 e. The van der Waals surface area contributed by atoms with Crippen LogP contribution in [0.15, 0.2) is 30.6 Å². The summed E-state index contributed by atoms with van der Waals surface area (Å²) in [5, 5.41) is 3.16. The second kappa shape index (κ2) is 7.40. The third-order valence-electron chi connectivity index (χ3n) is 5.41. The number of carbonyl (C=O) groups excluding carboxylic acids is 1. The molecule has 1 saturated carbocycles. The van der Waals surface area contributed by atoms with Crippen LogP contribution >= 0.6 is 0 Å². The van der Waals surface area contributed by atoms with E-state index in [2.05, 4.69) is 20.3 Å². The number of anilines is 2. The number of hydrogen-bond donors (Lipinski definition) is 1. The molecule has 1 atom stereocenters. The second-order valence-corrected chi connectivity index (χ2v) is 7.32. The molecule has 1 N–H and O–H groups in total. The van der Waals surface area contributed by atoms with Crippen LogP contribution in [-0.2, 0) is 4.79 Å². The number of amides is 1. The average molecular weight is 351 g/mol. The van der Waals surface area contributed by atoms with Crippen molar-refractivity contribution in [3.05, 3.63) is 41.9 Å². The van der Waals surface area contributed by atoms with Gasteiger partial charge >= 0.3 is 0 Å². The number of aromatic nitrogens is 3. The number of nitrogens with zero attached hydrogens (tertiary/aromatic N) is 4. The Morgan fingerprint density at radius 1 is 1.12 bits per heavy atom. The summed E-state index contributed by atoms with van der Waals surface area (Å²) in [7, 11) is 0. The van der Waals surface area contributed by atoms with Gasteiger partial charge in [-0.3, -0.25) is 4.79 Å². The second-order valence-electron chi connectivity index (χ2n) is 7.32. The van der Waals surface area contributed by atoms with E-state index in [4.69, 9.17) is 0 Å². The summed E-state index contributed by atoms with van der Waals surface area (Å²) >= 11 is 0. The average Bonchev–Trinajstić information content (AvgIpc) is 3.35. The van der Waals surface area contributed by atoms with Gasteiger partial charge in [-0.25, -0.2) is 15.0 Å². The minimum atomic E-state index is 0.0672. The molecule has 0 radical (unpaired) electrons. The molecule has 1 aliphatic carbocycles. The lowest BCUT2D eigenvalue weighted by atomic mass is 10.0. The Kier molecular flexibility index (Phi) is 4.82. The molecular weight excluding hydrogens is 326 g/mol. The van der Waals surface area contributed by atoms with Gasteiger partial charge in [0.2, 0.25) is 11.9 Å². The molecule has 26 heavy (non-hydrogen) atoms. The van der Waals surface area contributed by atoms with Crippen LogP contribution in [0.3, 0.4) is 0 Å². The van der Waals surface area contributed by atoms with Gasteiger partial charge in [-0.05, 0) is 50.3 Å². The molecule has 2 fully saturated rings. The van der Waals surface area contributed by atoms with E-state index < -0.39 is 0 Å². The van der Waals surface area contributed by atoms with Gasteiger partial charge in [0.15, 0.2) is 0 Å². The molecule has 0 aromatic carbocycles. The number of carbonyl (C=O) groups is 1. The number of nitrogens with one attached hydrogen (secondary N) is 1. The third kappa shape index (κ3) is 3.54. The SMILES string of the molecule is Cc1ccc(Nc2nccc(C3CCCN3C(=O)C3CCCC3)n2)nc1. The van der Waals surface area contributed by atoms with E-state index in [0.29, 0.717) is 11.9 Å². The minimum absolute atomic E-state index is 0.0672. The molecule has 1 unspecified atom stereocenters. The highest BCUT2D eigenvalue weighted by Crippen LogP contribution is 2.35. The van der Waals surface area contributed by atoms with Gasteiger partial charge in [0.05, 0.1) is 11.7 Å². The van der Waals surface area contributed by atoms with Gasteiger partial charge in [-0.15, -0.1) is 0 Å². The molecule has 136 valence electrons. The third-order valence-corrected chi connectivity index (χ3v) is 5.41. The Morgan fingerprint density at radius 3 is 2.73 bits per heavy atom. The van der Waals surface area contributed by atoms with Crippen molar-refractivity contribution >= 4 is 17.7 Å². The predicted octanol–water partition coefficient (Wildman–Crippen LogP) is 3.78. The van der Waals surface area contributed by atoms with Crippen molar-refractivity contribution in [2.24, 2.45) is 5.92 Å². The monoisotopic (exact) mass is 351 g/mol. The van der Waals surface area contributed by atoms with Crippen LogP contribution in [0.1, 0.15) is 55.8 Å². The maximum Gasteiger partial charge on any atom is 0.228 e. The minimum Gasteiger partial charge on any atom is -0.334 e. The van der Waals surface area contributed by atoms with Gasteiger partial charge in [0.1, 0.15) is 5.82 Å². The molecule has 1 saturated heterocycles. The van der Waals surface area contributed by atoms with Crippen LogP contribution in [0.5, 0.6) is 0 Å². The molecular formula is C20H25N5O. The zero-order valence-electron chi connectivity index (χ0n) is 15.2. The van der Waals surface area contributed by atoms with Crippen molar-refractivity contribution in [2.45, 2.75) is 51.5 Å². The highest BCUT2D eigenvalue weighted by molar-refractivity contribution is 5.79. The normalized spacial score (nSPS) is 20.5. The highest BCUT2D eigenvalue weighted by Gasteiger charge is 2.35. The van der Waals surface area contributed by atoms with E-state index in [1.165, 1.54) is 12.8 Å². The molecule has 3 heterocycles. The Hall–Kier alpha value is -2.50. The summed E-state index contributed by atoms with van der Waals surface area (Å²) < 4.78 is 0. The van der Waals surface area contributed by atoms with Crippen LogP contribution in [0.4, 0.5) is 11.8 Å². The smallest absolute Gasteiger partial charge is 0.228 e. The van der Waals surface area contributed by atoms with Crippen molar-refractivity contribution in [1.82, 2.24) is 19.9 Å². The molecule has 2 aromatic heterocycles. The molecule has 1 amide bonds. The van der Waals surface area contributed by atoms with E-state index in [-0.39, 0.29) is 12.0 Å². The molecule has 0 bridgehead atoms. The topological polar surface area (TPSA) is 71.0 Å². The van der Waals surface area contributed by atoms with E-state index in [1.807, 2.05) is 36.2 Å². The summed E-state index contributed by atoms with van der Waals surface area (Å²) in [5.41, 5.74) is 2.02. The molecule has 0 spiro atoms. The summed E-state index contributed by atoms with van der Waals surface area (Å²) in [5.74, 6) is 1.78. The Balaban J connectivity index is 1.51. The lowest BCUT2D eigenvalue weighted by molar-refractivity contribution is -0.136. The van der Waals surface area contributed by atoms with Gasteiger partial charge in [-0.2, -0.15) is 0 Å². The lowest BCUT2D eigenvalue weighted by Gasteiger charge is -2.27. The van der Waals surface area contributed by atoms with E-state index in [0.717, 1.165) is 49.3 Å².